The van der Waals surface area contributed by atoms with Crippen LogP contribution in [0.4, 0.5) is 4.79 Å². The summed E-state index contributed by atoms with van der Waals surface area (Å²) in [5.74, 6) is 0. The van der Waals surface area contributed by atoms with Crippen LogP contribution in [-0.4, -0.2) is 23.4 Å². The highest BCUT2D eigenvalue weighted by molar-refractivity contribution is 6.25. The summed E-state index contributed by atoms with van der Waals surface area (Å²) in [6.07, 6.45) is 4.53. The number of urea groups is 1. The number of nitrogens with zero attached hydrogens (tertiary/aromatic N) is 3. The fourth-order valence-corrected chi connectivity index (χ4v) is 1.24. The molecule has 2 amide bonds. The Morgan fingerprint density at radius 1 is 0.875 bits per heavy atom. The van der Waals surface area contributed by atoms with Crippen molar-refractivity contribution in [3.8, 4) is 0 Å². The predicted octanol–water partition coefficient (Wildman–Crippen LogP) is 2.50. The fourth-order valence-electron chi connectivity index (χ4n) is 1.24. The van der Waals surface area contributed by atoms with Crippen LogP contribution in [0.1, 0.15) is 0 Å². The maximum atomic E-state index is 9.85. The van der Waals surface area contributed by atoms with Crippen molar-refractivity contribution in [1.82, 2.24) is 4.98 Å². The van der Waals surface area contributed by atoms with Crippen LogP contribution in [-0.2, 0) is 0 Å². The molecule has 1 aromatic heterocycles. The first kappa shape index (κ1) is 10.2. The molecule has 1 aliphatic rings. The van der Waals surface area contributed by atoms with E-state index in [-0.39, 0.29) is 0 Å². The lowest BCUT2D eigenvalue weighted by atomic mass is 10.2. The minimum absolute atomic E-state index is 0.407. The summed E-state index contributed by atoms with van der Waals surface area (Å²) in [5.41, 5.74) is 1.06. The molecule has 4 nitrogen and oxygen atoms in total. The Bertz CT molecular complexity index is 481. The van der Waals surface area contributed by atoms with Crippen LogP contribution in [0.25, 0.3) is 10.9 Å². The molecule has 1 aliphatic heterocycles. The number of para-hydroxylation sites is 1. The molecule has 0 aliphatic carbocycles. The zero-order valence-electron chi connectivity index (χ0n) is 8.45. The largest absolute Gasteiger partial charge is 0.367 e. The van der Waals surface area contributed by atoms with Gasteiger partial charge in [-0.05, 0) is 12.1 Å². The lowest BCUT2D eigenvalue weighted by molar-refractivity contribution is 0.257. The van der Waals surface area contributed by atoms with Crippen molar-refractivity contribution in [2.24, 2.45) is 9.98 Å². The highest BCUT2D eigenvalue weighted by Crippen LogP contribution is 2.07. The predicted molar refractivity (Wildman–Crippen MR) is 64.1 cm³/mol. The average Bonchev–Trinajstić information content (AvgIpc) is 2.81. The summed E-state index contributed by atoms with van der Waals surface area (Å²) in [6, 6.07) is 11.7. The third-order valence-corrected chi connectivity index (χ3v) is 1.95. The SMILES string of the molecule is O=C1N=CC=N1.c1ccc2ncccc2c1. The Morgan fingerprint density at radius 2 is 1.56 bits per heavy atom. The number of carbonyl (C=O) groups is 1. The topological polar surface area (TPSA) is 54.7 Å². The lowest BCUT2D eigenvalue weighted by Crippen LogP contribution is -1.73. The highest BCUT2D eigenvalue weighted by atomic mass is 16.2. The zero-order chi connectivity index (χ0) is 11.2. The summed E-state index contributed by atoms with van der Waals surface area (Å²) in [4.78, 5) is 20.5. The molecule has 0 saturated heterocycles. The number of hydrogen-bond acceptors (Lipinski definition) is 2. The normalized spacial score (nSPS) is 12.6. The highest BCUT2D eigenvalue weighted by Gasteiger charge is 1.91. The van der Waals surface area contributed by atoms with Gasteiger partial charge in [-0.2, -0.15) is 9.98 Å². The second-order valence-electron chi connectivity index (χ2n) is 3.04. The number of rotatable bonds is 0. The number of amides is 2. The van der Waals surface area contributed by atoms with Crippen molar-refractivity contribution < 1.29 is 4.79 Å². The van der Waals surface area contributed by atoms with Crippen LogP contribution >= 0.6 is 0 Å². The van der Waals surface area contributed by atoms with E-state index in [2.05, 4.69) is 27.1 Å². The molecule has 3 rings (SSSR count). The number of hydrogen-bond donors (Lipinski definition) is 0. The maximum Gasteiger partial charge on any atom is 0.367 e. The Balaban J connectivity index is 0.000000138. The first-order chi connectivity index (χ1) is 7.86. The number of aliphatic imine (C=N–C) groups is 2. The third-order valence-electron chi connectivity index (χ3n) is 1.95. The smallest absolute Gasteiger partial charge is 0.256 e. The molecular weight excluding hydrogens is 202 g/mol. The molecule has 0 N–H and O–H groups in total. The molecule has 0 unspecified atom stereocenters. The molecule has 78 valence electrons. The minimum Gasteiger partial charge on any atom is -0.256 e. The number of benzene rings is 1. The second kappa shape index (κ2) is 4.93. The first-order valence-electron chi connectivity index (χ1n) is 4.77. The third kappa shape index (κ3) is 2.57. The van der Waals surface area contributed by atoms with Gasteiger partial charge in [0.05, 0.1) is 17.9 Å². The van der Waals surface area contributed by atoms with E-state index in [0.717, 1.165) is 5.52 Å². The minimum atomic E-state index is -0.407. The Hall–Kier alpha value is -2.36. The van der Waals surface area contributed by atoms with E-state index in [9.17, 15) is 4.79 Å². The maximum absolute atomic E-state index is 9.85. The van der Waals surface area contributed by atoms with E-state index in [0.29, 0.717) is 0 Å². The van der Waals surface area contributed by atoms with Gasteiger partial charge in [0.2, 0.25) is 0 Å². The van der Waals surface area contributed by atoms with E-state index >= 15 is 0 Å². The number of pyridine rings is 1. The number of fused-ring (bicyclic) bond motifs is 1. The molecule has 2 aromatic rings. The van der Waals surface area contributed by atoms with Crippen LogP contribution in [0.2, 0.25) is 0 Å². The Morgan fingerprint density at radius 3 is 2.19 bits per heavy atom. The van der Waals surface area contributed by atoms with Gasteiger partial charge in [-0.1, -0.05) is 24.3 Å². The molecule has 1 aromatic carbocycles. The summed E-state index contributed by atoms with van der Waals surface area (Å²) in [6.45, 7) is 0. The monoisotopic (exact) mass is 211 g/mol. The van der Waals surface area contributed by atoms with Gasteiger partial charge in [-0.3, -0.25) is 4.98 Å². The standard InChI is InChI=1S/C9H7N.C3H2N2O/c1-2-6-9-8(4-1)5-3-7-10-9;6-3-4-1-2-5-3/h1-7H;1-2H. The fraction of sp³-hybridized carbons (Fsp3) is 0. The van der Waals surface area contributed by atoms with Crippen LogP contribution in [0.3, 0.4) is 0 Å². The van der Waals surface area contributed by atoms with Crippen molar-refractivity contribution in [3.05, 3.63) is 42.6 Å². The van der Waals surface area contributed by atoms with Crippen LogP contribution in [0, 0.1) is 0 Å². The Kier molecular flexibility index (Phi) is 3.13. The van der Waals surface area contributed by atoms with E-state index in [1.807, 2.05) is 30.5 Å². The Labute approximate surface area is 92.4 Å². The molecule has 0 saturated carbocycles. The zero-order valence-corrected chi connectivity index (χ0v) is 8.45. The molecule has 0 atom stereocenters. The summed E-state index contributed by atoms with van der Waals surface area (Å²) in [5, 5.41) is 1.20. The molecular formula is C12H9N3O. The van der Waals surface area contributed by atoms with Gasteiger partial charge >= 0.3 is 6.03 Å². The summed E-state index contributed by atoms with van der Waals surface area (Å²) in [7, 11) is 0. The van der Waals surface area contributed by atoms with Crippen molar-refractivity contribution in [1.29, 1.82) is 0 Å². The van der Waals surface area contributed by atoms with Crippen molar-refractivity contribution in [3.63, 3.8) is 0 Å². The van der Waals surface area contributed by atoms with E-state index < -0.39 is 6.03 Å². The molecule has 0 spiro atoms. The van der Waals surface area contributed by atoms with Crippen molar-refractivity contribution in [2.75, 3.05) is 0 Å². The van der Waals surface area contributed by atoms with E-state index in [4.69, 9.17) is 0 Å². The number of carbonyl (C=O) groups excluding carboxylic acids is 1. The van der Waals surface area contributed by atoms with E-state index in [1.54, 1.807) is 0 Å². The number of aromatic nitrogens is 1. The van der Waals surface area contributed by atoms with Crippen LogP contribution in [0.5, 0.6) is 0 Å². The van der Waals surface area contributed by atoms with Gasteiger partial charge in [-0.25, -0.2) is 4.79 Å². The molecule has 0 bridgehead atoms. The van der Waals surface area contributed by atoms with Gasteiger partial charge in [0, 0.05) is 11.6 Å². The van der Waals surface area contributed by atoms with Crippen LogP contribution in [0.15, 0.2) is 52.6 Å². The average molecular weight is 211 g/mol. The van der Waals surface area contributed by atoms with Crippen molar-refractivity contribution in [2.45, 2.75) is 0 Å². The van der Waals surface area contributed by atoms with Gasteiger partial charge in [-0.15, -0.1) is 0 Å². The quantitative estimate of drug-likeness (QED) is 0.672. The van der Waals surface area contributed by atoms with Gasteiger partial charge < -0.3 is 0 Å². The molecule has 2 heterocycles. The van der Waals surface area contributed by atoms with E-state index in [1.165, 1.54) is 17.8 Å². The van der Waals surface area contributed by atoms with Crippen LogP contribution < -0.4 is 0 Å². The first-order valence-corrected chi connectivity index (χ1v) is 4.77. The lowest BCUT2D eigenvalue weighted by Gasteiger charge is -1.91. The van der Waals surface area contributed by atoms with Gasteiger partial charge in [0.1, 0.15) is 0 Å². The molecule has 0 radical (unpaired) electrons. The van der Waals surface area contributed by atoms with Gasteiger partial charge in [0.25, 0.3) is 0 Å². The molecule has 0 fully saturated rings. The summed E-state index contributed by atoms with van der Waals surface area (Å²) >= 11 is 0. The van der Waals surface area contributed by atoms with Gasteiger partial charge in [0.15, 0.2) is 0 Å². The molecule has 16 heavy (non-hydrogen) atoms. The molecule has 4 heteroatoms. The second-order valence-corrected chi connectivity index (χ2v) is 3.04. The summed E-state index contributed by atoms with van der Waals surface area (Å²) < 4.78 is 0. The van der Waals surface area contributed by atoms with Crippen molar-refractivity contribution >= 4 is 29.4 Å².